The zero-order chi connectivity index (χ0) is 20.8. The molecule has 0 N–H and O–H groups in total. The fourth-order valence-corrected chi connectivity index (χ4v) is 3.69. The number of benzene rings is 2. The van der Waals surface area contributed by atoms with Crippen molar-refractivity contribution < 1.29 is 9.59 Å². The third-order valence-electron chi connectivity index (χ3n) is 5.35. The molecule has 1 saturated heterocycles. The number of piperazine rings is 1. The number of anilines is 1. The Labute approximate surface area is 173 Å². The number of carbonyl (C=O) groups excluding carboxylic acids is 2. The molecule has 0 bridgehead atoms. The molecule has 1 amide bonds. The van der Waals surface area contributed by atoms with Crippen LogP contribution < -0.4 is 4.90 Å². The van der Waals surface area contributed by atoms with Crippen LogP contribution in [0.15, 0.2) is 48.5 Å². The molecule has 2 aromatic rings. The highest BCUT2D eigenvalue weighted by molar-refractivity contribution is 5.98. The van der Waals surface area contributed by atoms with E-state index in [0.717, 1.165) is 25.2 Å². The summed E-state index contributed by atoms with van der Waals surface area (Å²) in [6, 6.07) is 16.2. The van der Waals surface area contributed by atoms with E-state index in [1.54, 1.807) is 0 Å². The minimum Gasteiger partial charge on any atom is -0.368 e. The quantitative estimate of drug-likeness (QED) is 0.677. The minimum atomic E-state index is 0.0368. The lowest BCUT2D eigenvalue weighted by Gasteiger charge is -2.36. The number of nitrogens with zero attached hydrogens (tertiary/aromatic N) is 3. The monoisotopic (exact) mass is 393 g/mol. The summed E-state index contributed by atoms with van der Waals surface area (Å²) in [6.45, 7) is 5.97. The average molecular weight is 394 g/mol. The number of hydrogen-bond donors (Lipinski definition) is 0. The van der Waals surface area contributed by atoms with E-state index in [-0.39, 0.29) is 24.5 Å². The van der Waals surface area contributed by atoms with Gasteiger partial charge in [-0.2, -0.15) is 0 Å². The topological polar surface area (TPSA) is 43.9 Å². The van der Waals surface area contributed by atoms with Crippen molar-refractivity contribution in [1.29, 1.82) is 0 Å². The van der Waals surface area contributed by atoms with Crippen molar-refractivity contribution in [2.75, 3.05) is 45.2 Å². The Hall–Kier alpha value is -2.66. The van der Waals surface area contributed by atoms with Crippen molar-refractivity contribution in [2.24, 2.45) is 0 Å². The number of amides is 1. The van der Waals surface area contributed by atoms with E-state index in [4.69, 9.17) is 0 Å². The third kappa shape index (κ3) is 5.91. The molecule has 0 spiro atoms. The Morgan fingerprint density at radius 2 is 1.62 bits per heavy atom. The summed E-state index contributed by atoms with van der Waals surface area (Å²) in [5.41, 5.74) is 4.32. The SMILES string of the molecule is Cc1ccc(C(=O)CCC(=O)N2CCN(c3cccc(CN(C)C)c3)CC2)cc1. The van der Waals surface area contributed by atoms with Crippen molar-refractivity contribution in [3.05, 3.63) is 65.2 Å². The van der Waals surface area contributed by atoms with E-state index < -0.39 is 0 Å². The molecule has 1 heterocycles. The Balaban J connectivity index is 1.48. The van der Waals surface area contributed by atoms with Gasteiger partial charge in [-0.25, -0.2) is 0 Å². The standard InChI is InChI=1S/C24H31N3O2/c1-19-7-9-21(10-8-19)23(28)11-12-24(29)27-15-13-26(14-16-27)22-6-4-5-20(17-22)18-25(2)3/h4-10,17H,11-16,18H2,1-3H3. The molecule has 0 saturated carbocycles. The van der Waals surface area contributed by atoms with Crippen LogP contribution in [0, 0.1) is 6.92 Å². The summed E-state index contributed by atoms with van der Waals surface area (Å²) >= 11 is 0. The second-order valence-corrected chi connectivity index (χ2v) is 8.06. The van der Waals surface area contributed by atoms with Gasteiger partial charge in [-0.05, 0) is 38.7 Å². The number of ketones is 1. The van der Waals surface area contributed by atoms with E-state index in [2.05, 4.69) is 48.2 Å². The molecular weight excluding hydrogens is 362 g/mol. The van der Waals surface area contributed by atoms with Crippen LogP contribution in [0.2, 0.25) is 0 Å². The molecule has 0 unspecified atom stereocenters. The van der Waals surface area contributed by atoms with Gasteiger partial charge in [-0.15, -0.1) is 0 Å². The molecule has 0 aromatic heterocycles. The summed E-state index contributed by atoms with van der Waals surface area (Å²) in [5, 5.41) is 0. The smallest absolute Gasteiger partial charge is 0.223 e. The molecule has 5 nitrogen and oxygen atoms in total. The Kier molecular flexibility index (Phi) is 7.04. The lowest BCUT2D eigenvalue weighted by Crippen LogP contribution is -2.48. The first-order valence-corrected chi connectivity index (χ1v) is 10.3. The number of rotatable bonds is 7. The Morgan fingerprint density at radius 1 is 0.931 bits per heavy atom. The van der Waals surface area contributed by atoms with E-state index in [1.807, 2.05) is 36.1 Å². The van der Waals surface area contributed by atoms with Crippen LogP contribution in [0.4, 0.5) is 5.69 Å². The lowest BCUT2D eigenvalue weighted by molar-refractivity contribution is -0.131. The molecule has 1 fully saturated rings. The van der Waals surface area contributed by atoms with Gasteiger partial charge in [0.15, 0.2) is 5.78 Å². The van der Waals surface area contributed by atoms with Gasteiger partial charge in [0.05, 0.1) is 0 Å². The molecule has 1 aliphatic heterocycles. The van der Waals surface area contributed by atoms with Crippen LogP contribution in [-0.4, -0.2) is 61.8 Å². The predicted octanol–water partition coefficient (Wildman–Crippen LogP) is 3.37. The maximum Gasteiger partial charge on any atom is 0.223 e. The van der Waals surface area contributed by atoms with Crippen LogP contribution >= 0.6 is 0 Å². The fraction of sp³-hybridized carbons (Fsp3) is 0.417. The molecule has 2 aromatic carbocycles. The summed E-state index contributed by atoms with van der Waals surface area (Å²) in [7, 11) is 4.14. The average Bonchev–Trinajstić information content (AvgIpc) is 2.72. The van der Waals surface area contributed by atoms with Crippen LogP contribution in [0.1, 0.15) is 34.3 Å². The second kappa shape index (κ2) is 9.70. The van der Waals surface area contributed by atoms with Crippen LogP contribution in [0.5, 0.6) is 0 Å². The maximum absolute atomic E-state index is 12.6. The molecule has 3 rings (SSSR count). The zero-order valence-electron chi connectivity index (χ0n) is 17.7. The number of Topliss-reactive ketones (excluding diaryl/α,β-unsaturated/α-hetero) is 1. The molecule has 29 heavy (non-hydrogen) atoms. The van der Waals surface area contributed by atoms with Gasteiger partial charge in [0.2, 0.25) is 5.91 Å². The van der Waals surface area contributed by atoms with Crippen molar-refractivity contribution in [1.82, 2.24) is 9.80 Å². The van der Waals surface area contributed by atoms with E-state index in [9.17, 15) is 9.59 Å². The summed E-state index contributed by atoms with van der Waals surface area (Å²) in [4.78, 5) is 31.2. The normalized spacial score (nSPS) is 14.3. The van der Waals surface area contributed by atoms with Crippen LogP contribution in [0.3, 0.4) is 0 Å². The third-order valence-corrected chi connectivity index (χ3v) is 5.35. The van der Waals surface area contributed by atoms with Gasteiger partial charge in [-0.1, -0.05) is 42.0 Å². The van der Waals surface area contributed by atoms with Crippen LogP contribution in [-0.2, 0) is 11.3 Å². The molecule has 0 atom stereocenters. The highest BCUT2D eigenvalue weighted by Gasteiger charge is 2.22. The molecule has 0 radical (unpaired) electrons. The minimum absolute atomic E-state index is 0.0368. The first-order chi connectivity index (χ1) is 13.9. The zero-order valence-corrected chi connectivity index (χ0v) is 17.7. The van der Waals surface area contributed by atoms with E-state index >= 15 is 0 Å². The van der Waals surface area contributed by atoms with Gasteiger partial charge in [0.1, 0.15) is 0 Å². The van der Waals surface area contributed by atoms with Crippen molar-refractivity contribution in [3.63, 3.8) is 0 Å². The van der Waals surface area contributed by atoms with Crippen molar-refractivity contribution in [3.8, 4) is 0 Å². The Morgan fingerprint density at radius 3 is 2.28 bits per heavy atom. The van der Waals surface area contributed by atoms with Gasteiger partial charge < -0.3 is 14.7 Å². The van der Waals surface area contributed by atoms with Crippen LogP contribution in [0.25, 0.3) is 0 Å². The van der Waals surface area contributed by atoms with Gasteiger partial charge in [0, 0.05) is 56.8 Å². The first kappa shape index (κ1) is 21.1. The molecule has 1 aliphatic rings. The van der Waals surface area contributed by atoms with Gasteiger partial charge in [0.25, 0.3) is 0 Å². The molecular formula is C24H31N3O2. The van der Waals surface area contributed by atoms with Gasteiger partial charge >= 0.3 is 0 Å². The maximum atomic E-state index is 12.6. The van der Waals surface area contributed by atoms with Crippen molar-refractivity contribution in [2.45, 2.75) is 26.3 Å². The van der Waals surface area contributed by atoms with E-state index in [0.29, 0.717) is 18.7 Å². The van der Waals surface area contributed by atoms with E-state index in [1.165, 1.54) is 11.3 Å². The molecule has 154 valence electrons. The lowest BCUT2D eigenvalue weighted by atomic mass is 10.0. The first-order valence-electron chi connectivity index (χ1n) is 10.3. The summed E-state index contributed by atoms with van der Waals surface area (Å²) in [5.74, 6) is 0.112. The predicted molar refractivity (Wildman–Crippen MR) is 117 cm³/mol. The number of carbonyl (C=O) groups is 2. The number of hydrogen-bond acceptors (Lipinski definition) is 4. The Bertz CT molecular complexity index is 837. The highest BCUT2D eigenvalue weighted by Crippen LogP contribution is 2.19. The van der Waals surface area contributed by atoms with Gasteiger partial charge in [-0.3, -0.25) is 9.59 Å². The number of aryl methyl sites for hydroxylation is 1. The fourth-order valence-electron chi connectivity index (χ4n) is 3.69. The highest BCUT2D eigenvalue weighted by atomic mass is 16.2. The second-order valence-electron chi connectivity index (χ2n) is 8.06. The summed E-state index contributed by atoms with van der Waals surface area (Å²) in [6.07, 6.45) is 0.555. The molecule has 0 aliphatic carbocycles. The largest absolute Gasteiger partial charge is 0.368 e. The van der Waals surface area contributed by atoms with Crippen molar-refractivity contribution >= 4 is 17.4 Å². The molecule has 5 heteroatoms. The summed E-state index contributed by atoms with van der Waals surface area (Å²) < 4.78 is 0.